The lowest BCUT2D eigenvalue weighted by molar-refractivity contribution is -0.106. The number of nitrogens with zero attached hydrogens (tertiary/aromatic N) is 1. The summed E-state index contributed by atoms with van der Waals surface area (Å²) in [5.41, 5.74) is 10.2. The molecule has 1 aliphatic heterocycles. The van der Waals surface area contributed by atoms with Crippen molar-refractivity contribution in [2.24, 2.45) is 17.1 Å². The van der Waals surface area contributed by atoms with E-state index in [-0.39, 0.29) is 12.3 Å². The molecule has 1 spiro atoms. The number of carbonyl (C=O) groups excluding carboxylic acids is 2. The Bertz CT molecular complexity index is 1080. The second kappa shape index (κ2) is 12.9. The standard InChI is InChI=1S/C22H31NO.C9H10O.CH3NO/c1-16-7-9-22(10-8-16)11-13-23(14-12-22)21(24)19-6-5-18-4-3-17(2)20(18)15-19;1-7(2)8-5-3-4-6-9(8)10;2-1-3/h5-6,15-17H,3-4,7-14H2,1-2H3;3-6,10H,1H2,2H3;1H,(H2,2,3). The molecule has 5 heteroatoms. The summed E-state index contributed by atoms with van der Waals surface area (Å²) in [7, 11) is 0. The minimum atomic E-state index is 0.250. The summed E-state index contributed by atoms with van der Waals surface area (Å²) in [6.45, 7) is 12.2. The van der Waals surface area contributed by atoms with Gasteiger partial charge >= 0.3 is 0 Å². The second-order valence-electron chi connectivity index (χ2n) is 11.3. The van der Waals surface area contributed by atoms with Crippen molar-refractivity contribution in [2.75, 3.05) is 13.1 Å². The SMILES string of the molecule is C=C(C)c1ccccc1O.CC1CCC2(CC1)CCN(C(=O)c1ccc3c(c1)C(C)CC3)CC2.NC=O. The highest BCUT2D eigenvalue weighted by Crippen LogP contribution is 2.46. The first-order valence-electron chi connectivity index (χ1n) is 13.7. The van der Waals surface area contributed by atoms with Gasteiger partial charge in [-0.25, -0.2) is 0 Å². The number of phenols is 1. The minimum absolute atomic E-state index is 0.250. The van der Waals surface area contributed by atoms with Crippen molar-refractivity contribution in [1.29, 1.82) is 0 Å². The highest BCUT2D eigenvalue weighted by molar-refractivity contribution is 5.94. The quantitative estimate of drug-likeness (QED) is 0.447. The summed E-state index contributed by atoms with van der Waals surface area (Å²) in [6.07, 6.45) is 10.6. The van der Waals surface area contributed by atoms with Crippen LogP contribution in [0.5, 0.6) is 5.75 Å². The highest BCUT2D eigenvalue weighted by atomic mass is 16.3. The van der Waals surface area contributed by atoms with Crippen LogP contribution in [0.3, 0.4) is 0 Å². The molecular formula is C32H44N2O3. The average Bonchev–Trinajstić information content (AvgIpc) is 3.27. The van der Waals surface area contributed by atoms with Crippen LogP contribution in [0.1, 0.15) is 98.7 Å². The number of likely N-dealkylation sites (tertiary alicyclic amines) is 1. The van der Waals surface area contributed by atoms with Gasteiger partial charge in [0.25, 0.3) is 5.91 Å². The van der Waals surface area contributed by atoms with Crippen molar-refractivity contribution in [3.63, 3.8) is 0 Å². The molecule has 3 aliphatic rings. The zero-order chi connectivity index (χ0) is 27.0. The van der Waals surface area contributed by atoms with E-state index in [0.717, 1.165) is 35.7 Å². The third-order valence-corrected chi connectivity index (χ3v) is 8.58. The number of piperidine rings is 1. The van der Waals surface area contributed by atoms with Crippen LogP contribution >= 0.6 is 0 Å². The number of benzene rings is 2. The molecule has 1 saturated carbocycles. The van der Waals surface area contributed by atoms with E-state index in [4.69, 9.17) is 4.79 Å². The Morgan fingerprint density at radius 1 is 1.05 bits per heavy atom. The molecule has 5 nitrogen and oxygen atoms in total. The van der Waals surface area contributed by atoms with Crippen molar-refractivity contribution in [1.82, 2.24) is 4.90 Å². The lowest BCUT2D eigenvalue weighted by atomic mass is 9.66. The monoisotopic (exact) mass is 504 g/mol. The Morgan fingerprint density at radius 2 is 1.68 bits per heavy atom. The Kier molecular flexibility index (Phi) is 9.96. The lowest BCUT2D eigenvalue weighted by Crippen LogP contribution is -2.44. The van der Waals surface area contributed by atoms with Crippen LogP contribution in [-0.2, 0) is 11.2 Å². The molecule has 1 heterocycles. The highest BCUT2D eigenvalue weighted by Gasteiger charge is 2.38. The third kappa shape index (κ3) is 7.24. The molecule has 0 aromatic heterocycles. The Morgan fingerprint density at radius 3 is 2.24 bits per heavy atom. The summed E-state index contributed by atoms with van der Waals surface area (Å²) in [6, 6.07) is 13.6. The fourth-order valence-corrected chi connectivity index (χ4v) is 6.02. The zero-order valence-corrected chi connectivity index (χ0v) is 22.8. The number of amides is 2. The first-order valence-corrected chi connectivity index (χ1v) is 13.7. The predicted molar refractivity (Wildman–Crippen MR) is 151 cm³/mol. The van der Waals surface area contributed by atoms with Crippen LogP contribution in [0.15, 0.2) is 49.0 Å². The van der Waals surface area contributed by atoms with E-state index < -0.39 is 0 Å². The van der Waals surface area contributed by atoms with Crippen molar-refractivity contribution >= 4 is 17.9 Å². The van der Waals surface area contributed by atoms with E-state index in [1.54, 1.807) is 12.1 Å². The Balaban J connectivity index is 0.000000244. The van der Waals surface area contributed by atoms with Crippen LogP contribution in [0.25, 0.3) is 5.57 Å². The fraction of sp³-hybridized carbons (Fsp3) is 0.500. The molecule has 37 heavy (non-hydrogen) atoms. The van der Waals surface area contributed by atoms with Gasteiger partial charge in [0, 0.05) is 24.2 Å². The van der Waals surface area contributed by atoms with E-state index in [0.29, 0.717) is 17.1 Å². The largest absolute Gasteiger partial charge is 0.507 e. The zero-order valence-electron chi connectivity index (χ0n) is 22.8. The van der Waals surface area contributed by atoms with E-state index in [1.807, 2.05) is 19.1 Å². The molecule has 200 valence electrons. The topological polar surface area (TPSA) is 83.6 Å². The van der Waals surface area contributed by atoms with Crippen molar-refractivity contribution in [3.8, 4) is 5.75 Å². The summed E-state index contributed by atoms with van der Waals surface area (Å²) < 4.78 is 0. The van der Waals surface area contributed by atoms with Crippen molar-refractivity contribution < 1.29 is 14.7 Å². The number of hydrogen-bond donors (Lipinski definition) is 2. The molecule has 3 N–H and O–H groups in total. The maximum atomic E-state index is 13.0. The van der Waals surface area contributed by atoms with Crippen molar-refractivity contribution in [2.45, 2.75) is 78.1 Å². The molecular weight excluding hydrogens is 460 g/mol. The molecule has 1 atom stereocenters. The first-order chi connectivity index (χ1) is 17.7. The van der Waals surface area contributed by atoms with Gasteiger partial charge in [-0.3, -0.25) is 9.59 Å². The third-order valence-electron chi connectivity index (χ3n) is 8.58. The summed E-state index contributed by atoms with van der Waals surface area (Å²) in [5.74, 6) is 2.08. The van der Waals surface area contributed by atoms with Gasteiger partial charge < -0.3 is 15.7 Å². The molecule has 5 rings (SSSR count). The van der Waals surface area contributed by atoms with Gasteiger partial charge in [-0.2, -0.15) is 0 Å². The smallest absolute Gasteiger partial charge is 0.253 e. The number of hydrogen-bond acceptors (Lipinski definition) is 3. The number of primary amides is 1. The van der Waals surface area contributed by atoms with Gasteiger partial charge in [0.2, 0.25) is 6.41 Å². The van der Waals surface area contributed by atoms with Crippen LogP contribution in [-0.4, -0.2) is 35.4 Å². The average molecular weight is 505 g/mol. The number of allylic oxidation sites excluding steroid dienone is 1. The molecule has 1 unspecified atom stereocenters. The van der Waals surface area contributed by atoms with Crippen LogP contribution in [0.4, 0.5) is 0 Å². The summed E-state index contributed by atoms with van der Waals surface area (Å²) in [4.78, 5) is 23.7. The molecule has 0 bridgehead atoms. The number of phenolic OH excluding ortho intramolecular Hbond substituents is 1. The van der Waals surface area contributed by atoms with E-state index in [9.17, 15) is 9.90 Å². The lowest BCUT2D eigenvalue weighted by Gasteiger charge is -2.45. The number of fused-ring (bicyclic) bond motifs is 1. The van der Waals surface area contributed by atoms with Gasteiger partial charge in [0.05, 0.1) is 0 Å². The van der Waals surface area contributed by atoms with Gasteiger partial charge in [-0.05, 0) is 97.6 Å². The maximum absolute atomic E-state index is 13.0. The fourth-order valence-electron chi connectivity index (χ4n) is 6.02. The number of rotatable bonds is 2. The normalized spacial score (nSPS) is 20.1. The van der Waals surface area contributed by atoms with Crippen LogP contribution in [0, 0.1) is 11.3 Å². The Labute approximate surface area is 222 Å². The van der Waals surface area contributed by atoms with E-state index in [1.165, 1.54) is 62.5 Å². The maximum Gasteiger partial charge on any atom is 0.253 e. The molecule has 2 aliphatic carbocycles. The van der Waals surface area contributed by atoms with E-state index in [2.05, 4.69) is 49.3 Å². The van der Waals surface area contributed by atoms with Gasteiger partial charge in [-0.15, -0.1) is 0 Å². The molecule has 1 saturated heterocycles. The second-order valence-corrected chi connectivity index (χ2v) is 11.3. The van der Waals surface area contributed by atoms with Crippen LogP contribution in [0.2, 0.25) is 0 Å². The number of nitrogens with two attached hydrogens (primary N) is 1. The molecule has 2 aromatic rings. The molecule has 2 aromatic carbocycles. The van der Waals surface area contributed by atoms with Gasteiger partial charge in [-0.1, -0.05) is 57.5 Å². The van der Waals surface area contributed by atoms with E-state index >= 15 is 0 Å². The number of aromatic hydroxyl groups is 1. The predicted octanol–water partition coefficient (Wildman–Crippen LogP) is 6.70. The van der Waals surface area contributed by atoms with Crippen LogP contribution < -0.4 is 5.73 Å². The molecule has 2 fully saturated rings. The minimum Gasteiger partial charge on any atom is -0.507 e. The summed E-state index contributed by atoms with van der Waals surface area (Å²) >= 11 is 0. The number of carbonyl (C=O) groups is 2. The van der Waals surface area contributed by atoms with Crippen molar-refractivity contribution in [3.05, 3.63) is 71.3 Å². The first kappa shape index (κ1) is 28.5. The molecule has 2 amide bonds. The number of aryl methyl sites for hydroxylation is 1. The van der Waals surface area contributed by atoms with Gasteiger partial charge in [0.15, 0.2) is 0 Å². The van der Waals surface area contributed by atoms with Gasteiger partial charge in [0.1, 0.15) is 5.75 Å². The Hall–Kier alpha value is -3.08. The molecule has 0 radical (unpaired) electrons. The number of para-hydroxylation sites is 1. The summed E-state index contributed by atoms with van der Waals surface area (Å²) in [5, 5.41) is 9.22.